The predicted octanol–water partition coefficient (Wildman–Crippen LogP) is 3.79. The highest BCUT2D eigenvalue weighted by Crippen LogP contribution is 2.27. The van der Waals surface area contributed by atoms with Crippen LogP contribution in [0.15, 0.2) is 24.3 Å². The molecule has 0 N–H and O–H groups in total. The molecule has 7 nitrogen and oxygen atoms in total. The van der Waals surface area contributed by atoms with Crippen molar-refractivity contribution in [1.82, 2.24) is 4.90 Å². The number of carbonyl (C=O) groups is 2. The first-order valence-corrected chi connectivity index (χ1v) is 9.26. The Balaban J connectivity index is 3.31. The Labute approximate surface area is 167 Å². The molecule has 1 rings (SSSR count). The van der Waals surface area contributed by atoms with Crippen molar-refractivity contribution in [1.29, 1.82) is 0 Å². The Kier molecular flexibility index (Phi) is 8.29. The van der Waals surface area contributed by atoms with Gasteiger partial charge in [-0.2, -0.15) is 0 Å². The molecule has 0 aromatic heterocycles. The number of nitrogens with zero attached hydrogens (tertiary/aromatic N) is 1. The maximum Gasteiger partial charge on any atom is 0.413 e. The molecule has 1 aromatic carbocycles. The molecule has 0 fully saturated rings. The van der Waals surface area contributed by atoms with Crippen LogP contribution in [-0.4, -0.2) is 55.2 Å². The van der Waals surface area contributed by atoms with Gasteiger partial charge in [0.05, 0.1) is 13.2 Å². The number of hydrogen-bond donors (Lipinski definition) is 0. The number of rotatable bonds is 8. The van der Waals surface area contributed by atoms with Crippen LogP contribution >= 0.6 is 0 Å². The summed E-state index contributed by atoms with van der Waals surface area (Å²) in [5.74, 6) is 0.178. The largest absolute Gasteiger partial charge is 0.497 e. The van der Waals surface area contributed by atoms with Gasteiger partial charge < -0.3 is 18.9 Å². The average molecular weight is 395 g/mol. The molecule has 1 atom stereocenters. The van der Waals surface area contributed by atoms with E-state index in [0.29, 0.717) is 5.75 Å². The Morgan fingerprint density at radius 2 is 1.61 bits per heavy atom. The highest BCUT2D eigenvalue weighted by Gasteiger charge is 2.46. The number of hydrogen-bond acceptors (Lipinski definition) is 6. The zero-order chi connectivity index (χ0) is 21.5. The zero-order valence-corrected chi connectivity index (χ0v) is 18.2. The van der Waals surface area contributed by atoms with E-state index in [-0.39, 0.29) is 19.3 Å². The molecule has 0 unspecified atom stereocenters. The predicted molar refractivity (Wildman–Crippen MR) is 106 cm³/mol. The van der Waals surface area contributed by atoms with Crippen molar-refractivity contribution < 1.29 is 28.5 Å². The Morgan fingerprint density at radius 3 is 2.04 bits per heavy atom. The molecule has 0 saturated heterocycles. The summed E-state index contributed by atoms with van der Waals surface area (Å²) in [6, 6.07) is 7.30. The topological polar surface area (TPSA) is 74.3 Å². The molecule has 158 valence electrons. The minimum absolute atomic E-state index is 0.116. The zero-order valence-electron chi connectivity index (χ0n) is 18.2. The van der Waals surface area contributed by atoms with E-state index in [0.717, 1.165) is 5.56 Å². The number of carbonyl (C=O) groups excluding carboxylic acids is 2. The SMILES string of the molecule is COCN(C(=O)OC(C)(C)C)[C@@](C)(Cc1ccc(OC)cc1)C(=O)OC(C)C. The lowest BCUT2D eigenvalue weighted by molar-refractivity contribution is -0.164. The van der Waals surface area contributed by atoms with Gasteiger partial charge >= 0.3 is 12.1 Å². The van der Waals surface area contributed by atoms with Crippen LogP contribution in [0.2, 0.25) is 0 Å². The first kappa shape index (κ1) is 23.8. The number of ether oxygens (including phenoxy) is 4. The van der Waals surface area contributed by atoms with Gasteiger partial charge in [0.15, 0.2) is 0 Å². The van der Waals surface area contributed by atoms with Crippen LogP contribution in [0.5, 0.6) is 5.75 Å². The van der Waals surface area contributed by atoms with Gasteiger partial charge in [0.25, 0.3) is 0 Å². The Hall–Kier alpha value is -2.28. The molecule has 1 aromatic rings. The standard InChI is InChI=1S/C21H33NO6/c1-15(2)27-18(23)21(6,13-16-9-11-17(26-8)12-10-16)22(14-25-7)19(24)28-20(3,4)5/h9-12,15H,13-14H2,1-8H3/t21-/m0/s1. The first-order valence-electron chi connectivity index (χ1n) is 9.26. The molecular formula is C21H33NO6. The van der Waals surface area contributed by atoms with E-state index in [1.165, 1.54) is 12.0 Å². The van der Waals surface area contributed by atoms with Crippen molar-refractivity contribution in [3.63, 3.8) is 0 Å². The van der Waals surface area contributed by atoms with Gasteiger partial charge in [-0.3, -0.25) is 4.90 Å². The second-order valence-electron chi connectivity index (χ2n) is 8.08. The molecule has 0 radical (unpaired) electrons. The third kappa shape index (κ3) is 6.71. The monoisotopic (exact) mass is 395 g/mol. The van der Waals surface area contributed by atoms with Crippen molar-refractivity contribution in [3.8, 4) is 5.75 Å². The number of methoxy groups -OCH3 is 2. The number of benzene rings is 1. The van der Waals surface area contributed by atoms with Crippen LogP contribution in [0.25, 0.3) is 0 Å². The molecule has 0 bridgehead atoms. The van der Waals surface area contributed by atoms with Gasteiger partial charge in [-0.25, -0.2) is 9.59 Å². The van der Waals surface area contributed by atoms with E-state index < -0.39 is 23.2 Å². The maximum atomic E-state index is 13.0. The van der Waals surface area contributed by atoms with E-state index in [2.05, 4.69) is 0 Å². The summed E-state index contributed by atoms with van der Waals surface area (Å²) in [6.45, 7) is 10.4. The van der Waals surface area contributed by atoms with E-state index in [1.807, 2.05) is 12.1 Å². The fourth-order valence-electron chi connectivity index (χ4n) is 2.60. The first-order chi connectivity index (χ1) is 12.9. The number of esters is 1. The van der Waals surface area contributed by atoms with Crippen molar-refractivity contribution in [2.24, 2.45) is 0 Å². The molecule has 1 amide bonds. The number of amides is 1. The quantitative estimate of drug-likeness (QED) is 0.492. The summed E-state index contributed by atoms with van der Waals surface area (Å²) >= 11 is 0. The third-order valence-corrected chi connectivity index (χ3v) is 3.96. The van der Waals surface area contributed by atoms with Gasteiger partial charge in [-0.1, -0.05) is 12.1 Å². The fourth-order valence-corrected chi connectivity index (χ4v) is 2.60. The Morgan fingerprint density at radius 1 is 1.04 bits per heavy atom. The van der Waals surface area contributed by atoms with Crippen LogP contribution in [0.1, 0.15) is 47.1 Å². The molecule has 0 saturated carbocycles. The van der Waals surface area contributed by atoms with Crippen LogP contribution in [0, 0.1) is 0 Å². The molecule has 0 heterocycles. The van der Waals surface area contributed by atoms with E-state index in [9.17, 15) is 9.59 Å². The highest BCUT2D eigenvalue weighted by atomic mass is 16.6. The molecular weight excluding hydrogens is 362 g/mol. The lowest BCUT2D eigenvalue weighted by Crippen LogP contribution is -2.59. The van der Waals surface area contributed by atoms with E-state index >= 15 is 0 Å². The van der Waals surface area contributed by atoms with Gasteiger partial charge in [0.2, 0.25) is 0 Å². The van der Waals surface area contributed by atoms with Crippen molar-refractivity contribution in [3.05, 3.63) is 29.8 Å². The van der Waals surface area contributed by atoms with E-state index in [4.69, 9.17) is 18.9 Å². The van der Waals surface area contributed by atoms with Gasteiger partial charge in [0, 0.05) is 13.5 Å². The summed E-state index contributed by atoms with van der Waals surface area (Å²) in [7, 11) is 3.04. The lowest BCUT2D eigenvalue weighted by Gasteiger charge is -2.39. The normalized spacial score (nSPS) is 13.6. The van der Waals surface area contributed by atoms with Gasteiger partial charge in [-0.15, -0.1) is 0 Å². The van der Waals surface area contributed by atoms with Crippen LogP contribution < -0.4 is 4.74 Å². The summed E-state index contributed by atoms with van der Waals surface area (Å²) < 4.78 is 21.4. The minimum Gasteiger partial charge on any atom is -0.497 e. The second-order valence-corrected chi connectivity index (χ2v) is 8.08. The van der Waals surface area contributed by atoms with Crippen molar-refractivity contribution in [2.45, 2.75) is 65.2 Å². The third-order valence-electron chi connectivity index (χ3n) is 3.96. The summed E-state index contributed by atoms with van der Waals surface area (Å²) in [4.78, 5) is 27.2. The molecule has 0 aliphatic heterocycles. The highest BCUT2D eigenvalue weighted by molar-refractivity contribution is 5.86. The Bertz CT molecular complexity index is 650. The van der Waals surface area contributed by atoms with Crippen LogP contribution in [0.4, 0.5) is 4.79 Å². The summed E-state index contributed by atoms with van der Waals surface area (Å²) in [5, 5.41) is 0. The summed E-state index contributed by atoms with van der Waals surface area (Å²) in [5.41, 5.74) is -1.20. The lowest BCUT2D eigenvalue weighted by atomic mass is 9.91. The maximum absolute atomic E-state index is 13.0. The van der Waals surface area contributed by atoms with Gasteiger partial charge in [0.1, 0.15) is 23.6 Å². The van der Waals surface area contributed by atoms with E-state index in [1.54, 1.807) is 60.8 Å². The molecule has 0 aliphatic carbocycles. The average Bonchev–Trinajstić information content (AvgIpc) is 2.57. The van der Waals surface area contributed by atoms with Gasteiger partial charge in [-0.05, 0) is 59.2 Å². The second kappa shape index (κ2) is 9.78. The minimum atomic E-state index is -1.32. The van der Waals surface area contributed by atoms with Crippen molar-refractivity contribution >= 4 is 12.1 Å². The molecule has 28 heavy (non-hydrogen) atoms. The van der Waals surface area contributed by atoms with Crippen LogP contribution in [-0.2, 0) is 25.4 Å². The fraction of sp³-hybridized carbons (Fsp3) is 0.619. The molecule has 7 heteroatoms. The smallest absolute Gasteiger partial charge is 0.413 e. The van der Waals surface area contributed by atoms with Crippen LogP contribution in [0.3, 0.4) is 0 Å². The molecule has 0 aliphatic rings. The molecule has 0 spiro atoms. The van der Waals surface area contributed by atoms with Crippen molar-refractivity contribution in [2.75, 3.05) is 21.0 Å². The summed E-state index contributed by atoms with van der Waals surface area (Å²) in [6.07, 6.45) is -0.748.